The number of aromatic hydroxyl groups is 1. The molecule has 0 spiro atoms. The van der Waals surface area contributed by atoms with E-state index in [-0.39, 0.29) is 11.4 Å². The van der Waals surface area contributed by atoms with Gasteiger partial charge >= 0.3 is 0 Å². The highest BCUT2D eigenvalue weighted by Crippen LogP contribution is 2.31. The Morgan fingerprint density at radius 2 is 0.680 bits per heavy atom. The van der Waals surface area contributed by atoms with Crippen molar-refractivity contribution in [1.82, 2.24) is 0 Å². The summed E-state index contributed by atoms with van der Waals surface area (Å²) in [6, 6.07) is 5.36. The minimum atomic E-state index is -0.00175. The summed E-state index contributed by atoms with van der Waals surface area (Å²) in [4.78, 5) is 13.4. The van der Waals surface area contributed by atoms with E-state index in [4.69, 9.17) is 0 Å². The molecule has 0 aliphatic carbocycles. The molecular weight excluding hydrogens is 613 g/mol. The van der Waals surface area contributed by atoms with Crippen LogP contribution < -0.4 is 4.90 Å². The van der Waals surface area contributed by atoms with Crippen LogP contribution in [0.3, 0.4) is 0 Å². The molecule has 0 aromatic heterocycles. The van der Waals surface area contributed by atoms with Crippen LogP contribution in [0, 0.1) is 4.91 Å². The summed E-state index contributed by atoms with van der Waals surface area (Å²) in [5, 5.41) is 13.2. The molecule has 4 heteroatoms. The third-order valence-electron chi connectivity index (χ3n) is 11.0. The minimum Gasteiger partial charge on any atom is -0.505 e. The van der Waals surface area contributed by atoms with Gasteiger partial charge in [0.1, 0.15) is 11.4 Å². The van der Waals surface area contributed by atoms with Crippen molar-refractivity contribution in [2.75, 3.05) is 18.0 Å². The van der Waals surface area contributed by atoms with Gasteiger partial charge in [0.2, 0.25) is 0 Å². The van der Waals surface area contributed by atoms with Crippen LogP contribution in [-0.2, 0) is 0 Å². The van der Waals surface area contributed by atoms with Gasteiger partial charge < -0.3 is 10.0 Å². The molecule has 4 nitrogen and oxygen atoms in total. The summed E-state index contributed by atoms with van der Waals surface area (Å²) in [5.74, 6) is -0.00175. The Balaban J connectivity index is 2.07. The molecule has 0 radical (unpaired) electrons. The van der Waals surface area contributed by atoms with Crippen LogP contribution in [0.2, 0.25) is 0 Å². The van der Waals surface area contributed by atoms with Crippen LogP contribution in [0.25, 0.3) is 0 Å². The molecule has 1 aromatic carbocycles. The average molecular weight is 699 g/mol. The lowest BCUT2D eigenvalue weighted by Crippen LogP contribution is -2.25. The zero-order valence-electron chi connectivity index (χ0n) is 33.9. The summed E-state index contributed by atoms with van der Waals surface area (Å²) in [6.07, 6.45) is 50.2. The number of phenols is 1. The molecule has 0 aliphatic rings. The van der Waals surface area contributed by atoms with E-state index in [1.165, 1.54) is 231 Å². The number of rotatable bonds is 40. The second-order valence-electron chi connectivity index (χ2n) is 15.8. The molecule has 0 fully saturated rings. The van der Waals surface area contributed by atoms with Crippen LogP contribution >= 0.6 is 0 Å². The van der Waals surface area contributed by atoms with Crippen molar-refractivity contribution in [2.45, 2.75) is 245 Å². The average Bonchev–Trinajstić information content (AvgIpc) is 3.12. The van der Waals surface area contributed by atoms with Crippen molar-refractivity contribution in [2.24, 2.45) is 5.18 Å². The number of unbranched alkanes of at least 4 members (excludes halogenated alkanes) is 34. The lowest BCUT2D eigenvalue weighted by molar-refractivity contribution is 0.476. The highest BCUT2D eigenvalue weighted by molar-refractivity contribution is 5.61. The van der Waals surface area contributed by atoms with E-state index < -0.39 is 0 Å². The van der Waals surface area contributed by atoms with Crippen molar-refractivity contribution in [1.29, 1.82) is 0 Å². The Hall–Kier alpha value is -1.58. The molecule has 1 aromatic rings. The van der Waals surface area contributed by atoms with Crippen molar-refractivity contribution in [3.05, 3.63) is 23.1 Å². The minimum absolute atomic E-state index is 0.00175. The molecule has 0 saturated heterocycles. The maximum Gasteiger partial charge on any atom is 0.149 e. The highest BCUT2D eigenvalue weighted by Gasteiger charge is 2.10. The highest BCUT2D eigenvalue weighted by atomic mass is 16.3. The number of hydrogen-bond donors (Lipinski definition) is 1. The van der Waals surface area contributed by atoms with Gasteiger partial charge in [-0.25, -0.2) is 0 Å². The van der Waals surface area contributed by atoms with Gasteiger partial charge in [0.25, 0.3) is 0 Å². The van der Waals surface area contributed by atoms with Crippen molar-refractivity contribution < 1.29 is 5.11 Å². The summed E-state index contributed by atoms with van der Waals surface area (Å²) < 4.78 is 0. The van der Waals surface area contributed by atoms with E-state index >= 15 is 0 Å². The molecule has 50 heavy (non-hydrogen) atoms. The maximum atomic E-state index is 11.0. The van der Waals surface area contributed by atoms with Gasteiger partial charge in [-0.2, -0.15) is 0 Å². The molecule has 0 atom stereocenters. The summed E-state index contributed by atoms with van der Waals surface area (Å²) in [7, 11) is 0. The Morgan fingerprint density at radius 3 is 0.920 bits per heavy atom. The van der Waals surface area contributed by atoms with E-state index in [2.05, 4.69) is 23.9 Å². The quantitative estimate of drug-likeness (QED) is 0.0548. The van der Waals surface area contributed by atoms with Crippen molar-refractivity contribution in [3.63, 3.8) is 0 Å². The molecule has 0 saturated carbocycles. The molecule has 1 rings (SSSR count). The van der Waals surface area contributed by atoms with E-state index in [1.807, 2.05) is 6.07 Å². The fourth-order valence-corrected chi connectivity index (χ4v) is 7.56. The van der Waals surface area contributed by atoms with Crippen LogP contribution in [-0.4, -0.2) is 18.2 Å². The normalized spacial score (nSPS) is 11.4. The first-order valence-corrected chi connectivity index (χ1v) is 22.6. The lowest BCUT2D eigenvalue weighted by Gasteiger charge is -2.25. The van der Waals surface area contributed by atoms with Crippen molar-refractivity contribution in [3.8, 4) is 5.75 Å². The first kappa shape index (κ1) is 46.4. The molecule has 292 valence electrons. The van der Waals surface area contributed by atoms with Gasteiger partial charge in [-0.15, -0.1) is 4.91 Å². The number of hydrogen-bond acceptors (Lipinski definition) is 4. The first-order chi connectivity index (χ1) is 24.7. The largest absolute Gasteiger partial charge is 0.505 e. The van der Waals surface area contributed by atoms with Gasteiger partial charge in [-0.1, -0.05) is 232 Å². The number of phenolic OH excluding ortho intramolecular Hbond substituents is 1. The smallest absolute Gasteiger partial charge is 0.149 e. The number of anilines is 1. The van der Waals surface area contributed by atoms with Crippen LogP contribution in [0.4, 0.5) is 11.4 Å². The van der Waals surface area contributed by atoms with Gasteiger partial charge in [0.05, 0.1) is 0 Å². The summed E-state index contributed by atoms with van der Waals surface area (Å²) in [6.45, 7) is 6.63. The Bertz CT molecular complexity index is 803. The Labute approximate surface area is 312 Å². The first-order valence-electron chi connectivity index (χ1n) is 22.6. The molecule has 0 amide bonds. The van der Waals surface area contributed by atoms with Crippen molar-refractivity contribution >= 4 is 11.4 Å². The lowest BCUT2D eigenvalue weighted by atomic mass is 10.0. The number of nitrogens with zero attached hydrogens (tertiary/aromatic N) is 2. The predicted octanol–water partition coefficient (Wildman–Crippen LogP) is 16.7. The second kappa shape index (κ2) is 37.2. The Kier molecular flexibility index (Phi) is 34.5. The SMILES string of the molecule is CCCCCCCCCCCCCCCCCCCCN(CCCCCCCCCCCCCCCCCCCC)c1ccc(N=O)c(O)c1. The predicted molar refractivity (Wildman–Crippen MR) is 223 cm³/mol. The molecular formula is C46H86N2O2. The molecule has 0 heterocycles. The van der Waals surface area contributed by atoms with Gasteiger partial charge in [-0.3, -0.25) is 0 Å². The Morgan fingerprint density at radius 1 is 0.420 bits per heavy atom. The standard InChI is InChI=1S/C46H86N2O2/c1-3-5-7-9-11-13-15-17-19-21-23-25-27-29-31-33-35-37-41-48(44-39-40-45(47-50)46(49)43-44)42-38-36-34-32-30-28-26-24-22-20-18-16-14-12-10-8-6-4-2/h39-40,43,49H,3-38,41-42H2,1-2H3. The maximum absolute atomic E-state index is 11.0. The topological polar surface area (TPSA) is 52.9 Å². The van der Waals surface area contributed by atoms with E-state index in [9.17, 15) is 10.0 Å². The van der Waals surface area contributed by atoms with Crippen LogP contribution in [0.15, 0.2) is 23.4 Å². The fourth-order valence-electron chi connectivity index (χ4n) is 7.56. The second-order valence-corrected chi connectivity index (χ2v) is 15.8. The van der Waals surface area contributed by atoms with E-state index in [1.54, 1.807) is 12.1 Å². The summed E-state index contributed by atoms with van der Waals surface area (Å²) in [5.41, 5.74) is 1.16. The molecule has 0 unspecified atom stereocenters. The van der Waals surface area contributed by atoms with E-state index in [0.29, 0.717) is 0 Å². The third-order valence-corrected chi connectivity index (χ3v) is 11.0. The van der Waals surface area contributed by atoms with Gasteiger partial charge in [-0.05, 0) is 30.2 Å². The van der Waals surface area contributed by atoms with Crippen LogP contribution in [0.1, 0.15) is 245 Å². The van der Waals surface area contributed by atoms with Gasteiger partial charge in [0, 0.05) is 24.8 Å². The third kappa shape index (κ3) is 29.0. The fraction of sp³-hybridized carbons (Fsp3) is 0.870. The molecule has 1 N–H and O–H groups in total. The van der Waals surface area contributed by atoms with E-state index in [0.717, 1.165) is 18.8 Å². The van der Waals surface area contributed by atoms with Gasteiger partial charge in [0.15, 0.2) is 0 Å². The zero-order valence-corrected chi connectivity index (χ0v) is 33.9. The molecule has 0 bridgehead atoms. The number of benzene rings is 1. The number of nitroso groups, excluding NO2 is 1. The molecule has 0 aliphatic heterocycles. The van der Waals surface area contributed by atoms with Crippen LogP contribution in [0.5, 0.6) is 5.75 Å². The zero-order chi connectivity index (χ0) is 36.0. The monoisotopic (exact) mass is 699 g/mol. The summed E-state index contributed by atoms with van der Waals surface area (Å²) >= 11 is 0.